The summed E-state index contributed by atoms with van der Waals surface area (Å²) in [6, 6.07) is 9.25. The van der Waals surface area contributed by atoms with Gasteiger partial charge in [-0.3, -0.25) is 0 Å². The fourth-order valence-corrected chi connectivity index (χ4v) is 2.50. The fraction of sp³-hybridized carbons (Fsp3) is 0.143. The van der Waals surface area contributed by atoms with Gasteiger partial charge in [0.1, 0.15) is 11.5 Å². The highest BCUT2D eigenvalue weighted by atomic mass is 127. The van der Waals surface area contributed by atoms with Gasteiger partial charge in [-0.25, -0.2) is 0 Å². The second-order valence-electron chi connectivity index (χ2n) is 4.04. The van der Waals surface area contributed by atoms with Crippen LogP contribution in [0.3, 0.4) is 0 Å². The van der Waals surface area contributed by atoms with E-state index in [0.717, 1.165) is 14.9 Å². The molecule has 106 valence electrons. The normalized spacial score (nSPS) is 10.2. The highest BCUT2D eigenvalue weighted by Gasteiger charge is 2.11. The van der Waals surface area contributed by atoms with Crippen molar-refractivity contribution in [2.75, 3.05) is 25.3 Å². The van der Waals surface area contributed by atoms with Gasteiger partial charge in [0.2, 0.25) is 0 Å². The van der Waals surface area contributed by atoms with Crippen LogP contribution in [-0.2, 0) is 0 Å². The van der Waals surface area contributed by atoms with Gasteiger partial charge in [0.15, 0.2) is 0 Å². The summed E-state index contributed by atoms with van der Waals surface area (Å²) >= 11 is 8.29. The van der Waals surface area contributed by atoms with E-state index < -0.39 is 0 Å². The highest BCUT2D eigenvalue weighted by Crippen LogP contribution is 2.38. The van der Waals surface area contributed by atoms with Crippen LogP contribution in [0.2, 0.25) is 5.02 Å². The van der Waals surface area contributed by atoms with Crippen LogP contribution in [0.4, 0.5) is 17.1 Å². The molecule has 0 atom stereocenters. The van der Waals surface area contributed by atoms with Crippen molar-refractivity contribution in [1.29, 1.82) is 0 Å². The van der Waals surface area contributed by atoms with Crippen molar-refractivity contribution in [3.8, 4) is 11.5 Å². The Morgan fingerprint density at radius 3 is 2.35 bits per heavy atom. The Kier molecular flexibility index (Phi) is 4.82. The molecule has 0 bridgehead atoms. The molecule has 0 radical (unpaired) electrons. The number of hydrogen-bond acceptors (Lipinski definition) is 4. The van der Waals surface area contributed by atoms with Crippen LogP contribution in [0.5, 0.6) is 11.5 Å². The summed E-state index contributed by atoms with van der Waals surface area (Å²) in [5.41, 5.74) is 8.19. The lowest BCUT2D eigenvalue weighted by Crippen LogP contribution is -1.99. The first-order chi connectivity index (χ1) is 9.55. The second-order valence-corrected chi connectivity index (χ2v) is 5.70. The van der Waals surface area contributed by atoms with Gasteiger partial charge in [-0.05, 0) is 40.8 Å². The number of nitrogen functional groups attached to an aromatic ring is 1. The first-order valence-corrected chi connectivity index (χ1v) is 7.24. The van der Waals surface area contributed by atoms with Gasteiger partial charge in [0.05, 0.1) is 36.3 Å². The van der Waals surface area contributed by atoms with E-state index in [4.69, 9.17) is 26.8 Å². The molecule has 0 aliphatic rings. The standard InChI is InChI=1S/C14H14ClIN2O2/c1-19-13-7-12(14(20-2)6-9(13)15)18-11-4-3-8(16)5-10(11)17/h3-7,18H,17H2,1-2H3. The van der Waals surface area contributed by atoms with Crippen molar-refractivity contribution in [3.63, 3.8) is 0 Å². The molecule has 2 aromatic rings. The molecule has 0 saturated heterocycles. The Balaban J connectivity index is 2.41. The van der Waals surface area contributed by atoms with Crippen LogP contribution in [0, 0.1) is 3.57 Å². The SMILES string of the molecule is COc1cc(Nc2ccc(I)cc2N)c(OC)cc1Cl. The maximum Gasteiger partial charge on any atom is 0.144 e. The van der Waals surface area contributed by atoms with E-state index in [1.165, 1.54) is 0 Å². The van der Waals surface area contributed by atoms with E-state index in [2.05, 4.69) is 27.9 Å². The molecule has 2 aromatic carbocycles. The number of methoxy groups -OCH3 is 2. The third kappa shape index (κ3) is 3.21. The van der Waals surface area contributed by atoms with Gasteiger partial charge < -0.3 is 20.5 Å². The zero-order chi connectivity index (χ0) is 14.7. The Morgan fingerprint density at radius 1 is 1.05 bits per heavy atom. The topological polar surface area (TPSA) is 56.5 Å². The van der Waals surface area contributed by atoms with Gasteiger partial charge in [-0.2, -0.15) is 0 Å². The Labute approximate surface area is 136 Å². The third-order valence-corrected chi connectivity index (χ3v) is 3.72. The van der Waals surface area contributed by atoms with Gasteiger partial charge in [0.25, 0.3) is 0 Å². The number of nitrogens with one attached hydrogen (secondary N) is 1. The van der Waals surface area contributed by atoms with Gasteiger partial charge in [0, 0.05) is 15.7 Å². The monoisotopic (exact) mass is 404 g/mol. The van der Waals surface area contributed by atoms with Crippen LogP contribution in [0.25, 0.3) is 0 Å². The lowest BCUT2D eigenvalue weighted by Gasteiger charge is -2.15. The van der Waals surface area contributed by atoms with E-state index >= 15 is 0 Å². The average molecular weight is 405 g/mol. The van der Waals surface area contributed by atoms with Crippen molar-refractivity contribution in [2.24, 2.45) is 0 Å². The maximum absolute atomic E-state index is 6.08. The summed E-state index contributed by atoms with van der Waals surface area (Å²) in [5.74, 6) is 1.19. The highest BCUT2D eigenvalue weighted by molar-refractivity contribution is 14.1. The summed E-state index contributed by atoms with van der Waals surface area (Å²) in [6.07, 6.45) is 0. The summed E-state index contributed by atoms with van der Waals surface area (Å²) in [6.45, 7) is 0. The van der Waals surface area contributed by atoms with Crippen LogP contribution >= 0.6 is 34.2 Å². The molecule has 3 N–H and O–H groups in total. The lowest BCUT2D eigenvalue weighted by atomic mass is 10.2. The van der Waals surface area contributed by atoms with Crippen molar-refractivity contribution < 1.29 is 9.47 Å². The maximum atomic E-state index is 6.08. The zero-order valence-corrected chi connectivity index (χ0v) is 13.9. The number of benzene rings is 2. The number of ether oxygens (including phenoxy) is 2. The Bertz CT molecular complexity index is 635. The predicted molar refractivity (Wildman–Crippen MR) is 91.4 cm³/mol. The molecule has 0 fully saturated rings. The van der Waals surface area contributed by atoms with Crippen LogP contribution in [-0.4, -0.2) is 14.2 Å². The number of halogens is 2. The Hall–Kier alpha value is -1.34. The number of nitrogens with two attached hydrogens (primary N) is 1. The molecule has 0 unspecified atom stereocenters. The van der Waals surface area contributed by atoms with Gasteiger partial charge in [-0.1, -0.05) is 11.6 Å². The number of rotatable bonds is 4. The van der Waals surface area contributed by atoms with Gasteiger partial charge in [-0.15, -0.1) is 0 Å². The molecular formula is C14H14ClIN2O2. The first-order valence-electron chi connectivity index (χ1n) is 5.78. The summed E-state index contributed by atoms with van der Waals surface area (Å²) in [4.78, 5) is 0. The van der Waals surface area contributed by atoms with E-state index in [0.29, 0.717) is 22.2 Å². The van der Waals surface area contributed by atoms with Crippen molar-refractivity contribution in [3.05, 3.63) is 38.9 Å². The molecule has 2 rings (SSSR count). The number of hydrogen-bond donors (Lipinski definition) is 2. The Morgan fingerprint density at radius 2 is 1.75 bits per heavy atom. The average Bonchev–Trinajstić information content (AvgIpc) is 2.43. The molecule has 6 heteroatoms. The molecule has 0 aliphatic carbocycles. The summed E-state index contributed by atoms with van der Waals surface area (Å²) in [5, 5.41) is 3.72. The fourth-order valence-electron chi connectivity index (χ4n) is 1.75. The summed E-state index contributed by atoms with van der Waals surface area (Å²) < 4.78 is 11.6. The van der Waals surface area contributed by atoms with E-state index in [1.807, 2.05) is 18.2 Å². The minimum absolute atomic E-state index is 0.491. The molecule has 0 spiro atoms. The van der Waals surface area contributed by atoms with Crippen molar-refractivity contribution in [1.82, 2.24) is 0 Å². The minimum atomic E-state index is 0.491. The molecule has 0 heterocycles. The van der Waals surface area contributed by atoms with Gasteiger partial charge >= 0.3 is 0 Å². The second kappa shape index (κ2) is 6.41. The molecular weight excluding hydrogens is 391 g/mol. The van der Waals surface area contributed by atoms with Crippen molar-refractivity contribution >= 4 is 51.3 Å². The van der Waals surface area contributed by atoms with Crippen LogP contribution < -0.4 is 20.5 Å². The predicted octanol–water partition coefficient (Wildman–Crippen LogP) is 4.29. The smallest absolute Gasteiger partial charge is 0.144 e. The van der Waals surface area contributed by atoms with Crippen LogP contribution in [0.1, 0.15) is 0 Å². The molecule has 0 saturated carbocycles. The largest absolute Gasteiger partial charge is 0.495 e. The van der Waals surface area contributed by atoms with Crippen LogP contribution in [0.15, 0.2) is 30.3 Å². The molecule has 20 heavy (non-hydrogen) atoms. The molecule has 4 nitrogen and oxygen atoms in total. The zero-order valence-electron chi connectivity index (χ0n) is 11.0. The molecule has 0 aliphatic heterocycles. The van der Waals surface area contributed by atoms with E-state index in [1.54, 1.807) is 26.4 Å². The molecule has 0 amide bonds. The number of anilines is 3. The quantitative estimate of drug-likeness (QED) is 0.590. The van der Waals surface area contributed by atoms with E-state index in [9.17, 15) is 0 Å². The van der Waals surface area contributed by atoms with E-state index in [-0.39, 0.29) is 0 Å². The lowest BCUT2D eigenvalue weighted by molar-refractivity contribution is 0.405. The summed E-state index contributed by atoms with van der Waals surface area (Å²) in [7, 11) is 3.15. The molecule has 0 aromatic heterocycles. The van der Waals surface area contributed by atoms with Crippen molar-refractivity contribution in [2.45, 2.75) is 0 Å². The third-order valence-electron chi connectivity index (χ3n) is 2.76. The first kappa shape index (κ1) is 15.1. The minimum Gasteiger partial charge on any atom is -0.495 e.